The Bertz CT molecular complexity index is 1120. The molecule has 0 saturated heterocycles. The first-order valence-corrected chi connectivity index (χ1v) is 8.99. The fourth-order valence-electron chi connectivity index (χ4n) is 2.54. The highest BCUT2D eigenvalue weighted by Gasteiger charge is 2.36. The van der Waals surface area contributed by atoms with Gasteiger partial charge >= 0.3 is 6.11 Å². The number of hydrogen-bond donors (Lipinski definition) is 1. The van der Waals surface area contributed by atoms with Crippen molar-refractivity contribution in [3.8, 4) is 10.6 Å². The van der Waals surface area contributed by atoms with Crippen molar-refractivity contribution in [1.29, 1.82) is 0 Å². The van der Waals surface area contributed by atoms with E-state index in [-0.39, 0.29) is 5.56 Å². The molecule has 9 heteroatoms. The lowest BCUT2D eigenvalue weighted by atomic mass is 10.1. The minimum absolute atomic E-state index is 0.200. The molecule has 140 valence electrons. The maximum Gasteiger partial charge on any atom is 0.419 e. The van der Waals surface area contributed by atoms with Crippen LogP contribution in [0.2, 0.25) is 0 Å². The summed E-state index contributed by atoms with van der Waals surface area (Å²) in [4.78, 5) is 20.0. The molecule has 0 fully saturated rings. The van der Waals surface area contributed by atoms with Gasteiger partial charge in [0.05, 0.1) is 0 Å². The van der Waals surface area contributed by atoms with Gasteiger partial charge in [-0.25, -0.2) is 5.48 Å². The summed E-state index contributed by atoms with van der Waals surface area (Å²) >= 11 is 1.35. The summed E-state index contributed by atoms with van der Waals surface area (Å²) in [6, 6.07) is 14.4. The third kappa shape index (κ3) is 3.71. The van der Waals surface area contributed by atoms with Crippen LogP contribution >= 0.6 is 11.3 Å². The van der Waals surface area contributed by atoms with Gasteiger partial charge in [0.15, 0.2) is 0 Å². The molecule has 0 saturated carbocycles. The highest BCUT2D eigenvalue weighted by molar-refractivity contribution is 7.12. The van der Waals surface area contributed by atoms with Gasteiger partial charge in [-0.15, -0.1) is 10.2 Å². The summed E-state index contributed by atoms with van der Waals surface area (Å²) in [5.74, 6) is -0.778. The summed E-state index contributed by atoms with van der Waals surface area (Å²) in [6.07, 6.45) is -2.48. The number of nitrogens with zero attached hydrogens (tertiary/aromatic N) is 3. The van der Waals surface area contributed by atoms with E-state index in [0.717, 1.165) is 5.56 Å². The minimum atomic E-state index is -3.81. The number of benzene rings is 2. The predicted octanol–water partition coefficient (Wildman–Crippen LogP) is 4.16. The molecule has 2 aromatic carbocycles. The van der Waals surface area contributed by atoms with Crippen LogP contribution in [-0.4, -0.2) is 21.1 Å². The van der Waals surface area contributed by atoms with Crippen LogP contribution in [-0.2, 0) is 10.9 Å². The SMILES string of the molecule is O=C(NOC(F)(F)c1cc2cc(-c3nncs3)ccc2cn1)c1ccccc1. The van der Waals surface area contributed by atoms with E-state index >= 15 is 0 Å². The zero-order valence-electron chi connectivity index (χ0n) is 14.2. The fourth-order valence-corrected chi connectivity index (χ4v) is 3.09. The Kier molecular flexibility index (Phi) is 4.76. The van der Waals surface area contributed by atoms with Crippen molar-refractivity contribution in [3.63, 3.8) is 0 Å². The summed E-state index contributed by atoms with van der Waals surface area (Å²) < 4.78 is 28.8. The zero-order chi connectivity index (χ0) is 19.6. The molecule has 2 aromatic heterocycles. The lowest BCUT2D eigenvalue weighted by Gasteiger charge is -2.16. The first kappa shape index (κ1) is 18.1. The minimum Gasteiger partial charge on any atom is -0.267 e. The number of halogens is 2. The van der Waals surface area contributed by atoms with Gasteiger partial charge in [0, 0.05) is 22.7 Å². The number of amides is 1. The molecule has 0 aliphatic rings. The van der Waals surface area contributed by atoms with Gasteiger partial charge < -0.3 is 0 Å². The Morgan fingerprint density at radius 1 is 1.07 bits per heavy atom. The molecule has 4 aromatic rings. The number of hydrogen-bond acceptors (Lipinski definition) is 6. The summed E-state index contributed by atoms with van der Waals surface area (Å²) in [7, 11) is 0. The Morgan fingerprint density at radius 2 is 1.89 bits per heavy atom. The number of hydroxylamine groups is 1. The number of nitrogens with one attached hydrogen (secondary N) is 1. The van der Waals surface area contributed by atoms with E-state index in [2.05, 4.69) is 20.0 Å². The molecule has 28 heavy (non-hydrogen) atoms. The Morgan fingerprint density at radius 3 is 2.64 bits per heavy atom. The van der Waals surface area contributed by atoms with Gasteiger partial charge in [0.25, 0.3) is 5.91 Å². The molecule has 1 N–H and O–H groups in total. The zero-order valence-corrected chi connectivity index (χ0v) is 15.0. The van der Waals surface area contributed by atoms with E-state index in [9.17, 15) is 13.6 Å². The van der Waals surface area contributed by atoms with Crippen LogP contribution in [0.15, 0.2) is 66.3 Å². The van der Waals surface area contributed by atoms with E-state index in [1.165, 1.54) is 35.7 Å². The number of carbonyl (C=O) groups is 1. The van der Waals surface area contributed by atoms with Crippen LogP contribution in [0.3, 0.4) is 0 Å². The summed E-state index contributed by atoms with van der Waals surface area (Å²) in [6.45, 7) is 0. The number of carbonyl (C=O) groups excluding carboxylic acids is 1. The average Bonchev–Trinajstić information content (AvgIpc) is 3.27. The van der Waals surface area contributed by atoms with E-state index in [1.807, 2.05) is 6.07 Å². The van der Waals surface area contributed by atoms with Crippen LogP contribution in [0, 0.1) is 0 Å². The lowest BCUT2D eigenvalue weighted by molar-refractivity contribution is -0.275. The highest BCUT2D eigenvalue weighted by atomic mass is 32.1. The van der Waals surface area contributed by atoms with Gasteiger partial charge in [-0.1, -0.05) is 41.7 Å². The molecule has 2 heterocycles. The second-order valence-corrected chi connectivity index (χ2v) is 6.62. The normalized spacial score (nSPS) is 11.5. The molecule has 0 radical (unpaired) electrons. The largest absolute Gasteiger partial charge is 0.419 e. The van der Waals surface area contributed by atoms with Gasteiger partial charge in [-0.3, -0.25) is 9.78 Å². The van der Waals surface area contributed by atoms with E-state index in [0.29, 0.717) is 15.8 Å². The van der Waals surface area contributed by atoms with Crippen molar-refractivity contribution in [1.82, 2.24) is 20.7 Å². The van der Waals surface area contributed by atoms with E-state index < -0.39 is 17.7 Å². The summed E-state index contributed by atoms with van der Waals surface area (Å²) in [5.41, 5.74) is 3.70. The smallest absolute Gasteiger partial charge is 0.267 e. The molecular formula is C19H12F2N4O2S. The average molecular weight is 398 g/mol. The third-order valence-electron chi connectivity index (χ3n) is 3.93. The number of aromatic nitrogens is 3. The molecular weight excluding hydrogens is 386 g/mol. The van der Waals surface area contributed by atoms with E-state index in [4.69, 9.17) is 0 Å². The van der Waals surface area contributed by atoms with Crippen molar-refractivity contribution in [3.05, 3.63) is 77.6 Å². The van der Waals surface area contributed by atoms with Crippen LogP contribution in [0.5, 0.6) is 0 Å². The Labute approximate surface area is 161 Å². The highest BCUT2D eigenvalue weighted by Crippen LogP contribution is 2.31. The monoisotopic (exact) mass is 398 g/mol. The fraction of sp³-hybridized carbons (Fsp3) is 0.0526. The molecule has 0 unspecified atom stereocenters. The maximum atomic E-state index is 14.4. The van der Waals surface area contributed by atoms with Gasteiger partial charge in [0.1, 0.15) is 16.2 Å². The lowest BCUT2D eigenvalue weighted by Crippen LogP contribution is -2.33. The van der Waals surface area contributed by atoms with Crippen LogP contribution in [0.25, 0.3) is 21.3 Å². The number of rotatable bonds is 5. The van der Waals surface area contributed by atoms with E-state index in [1.54, 1.807) is 41.3 Å². The topological polar surface area (TPSA) is 77.0 Å². The quantitative estimate of drug-likeness (QED) is 0.511. The Hall–Kier alpha value is -3.30. The molecule has 1 amide bonds. The molecule has 0 spiro atoms. The molecule has 0 aliphatic heterocycles. The Balaban J connectivity index is 1.57. The molecule has 0 aliphatic carbocycles. The first-order chi connectivity index (χ1) is 13.5. The molecule has 4 rings (SSSR count). The van der Waals surface area contributed by atoms with Crippen LogP contribution in [0.1, 0.15) is 16.1 Å². The predicted molar refractivity (Wildman–Crippen MR) is 99.5 cm³/mol. The second-order valence-electron chi connectivity index (χ2n) is 5.79. The first-order valence-electron chi connectivity index (χ1n) is 8.11. The molecule has 0 atom stereocenters. The van der Waals surface area contributed by atoms with Crippen molar-refractivity contribution in [2.75, 3.05) is 0 Å². The van der Waals surface area contributed by atoms with Crippen molar-refractivity contribution in [2.24, 2.45) is 0 Å². The van der Waals surface area contributed by atoms with Gasteiger partial charge in [-0.05, 0) is 29.7 Å². The standard InChI is InChI=1S/C19H12F2N4O2S/c20-19(21,27-25-17(26)12-4-2-1-3-5-12)16-9-15-8-13(18-24-23-11-28-18)6-7-14(15)10-22-16/h1-11H,(H,25,26). The molecule has 6 nitrogen and oxygen atoms in total. The third-order valence-corrected chi connectivity index (χ3v) is 4.68. The van der Waals surface area contributed by atoms with Crippen molar-refractivity contribution in [2.45, 2.75) is 6.11 Å². The molecule has 0 bridgehead atoms. The van der Waals surface area contributed by atoms with Gasteiger partial charge in [0.2, 0.25) is 0 Å². The summed E-state index contributed by atoms with van der Waals surface area (Å²) in [5, 5.41) is 9.65. The van der Waals surface area contributed by atoms with Crippen molar-refractivity contribution >= 4 is 28.0 Å². The van der Waals surface area contributed by atoms with Crippen molar-refractivity contribution < 1.29 is 18.4 Å². The number of fused-ring (bicyclic) bond motifs is 1. The number of alkyl halides is 2. The van der Waals surface area contributed by atoms with Gasteiger partial charge in [-0.2, -0.15) is 13.6 Å². The maximum absolute atomic E-state index is 14.4. The van der Waals surface area contributed by atoms with Crippen LogP contribution < -0.4 is 5.48 Å². The second kappa shape index (κ2) is 7.37. The number of pyridine rings is 1. The van der Waals surface area contributed by atoms with Crippen LogP contribution in [0.4, 0.5) is 8.78 Å².